The first-order valence-electron chi connectivity index (χ1n) is 5.97. The van der Waals surface area contributed by atoms with Crippen molar-refractivity contribution >= 4 is 0 Å². The summed E-state index contributed by atoms with van der Waals surface area (Å²) in [6, 6.07) is 0. The van der Waals surface area contributed by atoms with Gasteiger partial charge in [-0.1, -0.05) is 13.8 Å². The fourth-order valence-electron chi connectivity index (χ4n) is 2.10. The second kappa shape index (κ2) is 4.63. The van der Waals surface area contributed by atoms with E-state index in [-0.39, 0.29) is 0 Å². The standard InChI is InChI=1S/C12H21O2/c1-3-9-11(13-9)7-5-6-8-12-10(4-2)14-12/h5,9-12H,3-4,6-8H2,1-2H3. The molecule has 0 bridgehead atoms. The first-order chi connectivity index (χ1) is 6.85. The van der Waals surface area contributed by atoms with Crippen molar-refractivity contribution in [2.24, 2.45) is 0 Å². The Balaban J connectivity index is 1.41. The molecule has 1 radical (unpaired) electrons. The lowest BCUT2D eigenvalue weighted by Crippen LogP contribution is -1.96. The van der Waals surface area contributed by atoms with E-state index in [1.165, 1.54) is 25.7 Å². The molecule has 4 unspecified atom stereocenters. The second-order valence-electron chi connectivity index (χ2n) is 4.34. The van der Waals surface area contributed by atoms with Crippen LogP contribution in [0.15, 0.2) is 0 Å². The van der Waals surface area contributed by atoms with Crippen molar-refractivity contribution in [2.75, 3.05) is 0 Å². The fourth-order valence-corrected chi connectivity index (χ4v) is 2.10. The van der Waals surface area contributed by atoms with Gasteiger partial charge in [-0.3, -0.25) is 0 Å². The van der Waals surface area contributed by atoms with Crippen LogP contribution in [0.25, 0.3) is 0 Å². The van der Waals surface area contributed by atoms with Crippen LogP contribution in [0.2, 0.25) is 0 Å². The molecule has 2 aliphatic heterocycles. The van der Waals surface area contributed by atoms with E-state index in [9.17, 15) is 0 Å². The van der Waals surface area contributed by atoms with Gasteiger partial charge in [-0.05, 0) is 38.5 Å². The highest BCUT2D eigenvalue weighted by Crippen LogP contribution is 2.32. The maximum atomic E-state index is 5.48. The Bertz CT molecular complexity index is 161. The molecule has 0 aromatic rings. The number of hydrogen-bond donors (Lipinski definition) is 0. The zero-order chi connectivity index (χ0) is 9.97. The third-order valence-electron chi connectivity index (χ3n) is 3.23. The third-order valence-corrected chi connectivity index (χ3v) is 3.23. The summed E-state index contributed by atoms with van der Waals surface area (Å²) in [7, 11) is 0. The van der Waals surface area contributed by atoms with E-state index >= 15 is 0 Å². The summed E-state index contributed by atoms with van der Waals surface area (Å²) in [5, 5.41) is 0. The van der Waals surface area contributed by atoms with Crippen molar-refractivity contribution in [2.45, 2.75) is 70.4 Å². The summed E-state index contributed by atoms with van der Waals surface area (Å²) in [4.78, 5) is 0. The van der Waals surface area contributed by atoms with Gasteiger partial charge in [0.1, 0.15) is 0 Å². The molecule has 2 heteroatoms. The molecule has 2 nitrogen and oxygen atoms in total. The topological polar surface area (TPSA) is 25.1 Å². The Morgan fingerprint density at radius 3 is 2.14 bits per heavy atom. The molecular formula is C12H21O2. The Hall–Kier alpha value is -0.0800. The molecule has 2 saturated heterocycles. The molecule has 2 aliphatic rings. The second-order valence-corrected chi connectivity index (χ2v) is 4.34. The monoisotopic (exact) mass is 197 g/mol. The molecule has 2 rings (SSSR count). The third kappa shape index (κ3) is 2.71. The summed E-state index contributed by atoms with van der Waals surface area (Å²) < 4.78 is 10.9. The van der Waals surface area contributed by atoms with Gasteiger partial charge in [-0.25, -0.2) is 0 Å². The van der Waals surface area contributed by atoms with Gasteiger partial charge in [0, 0.05) is 0 Å². The highest BCUT2D eigenvalue weighted by Gasteiger charge is 2.37. The summed E-state index contributed by atoms with van der Waals surface area (Å²) in [6.07, 6.45) is 10.5. The quantitative estimate of drug-likeness (QED) is 0.463. The Labute approximate surface area is 87.0 Å². The molecule has 2 fully saturated rings. The number of unbranched alkanes of at least 4 members (excludes halogenated alkanes) is 1. The summed E-state index contributed by atoms with van der Waals surface area (Å²) >= 11 is 0. The number of rotatable bonds is 7. The van der Waals surface area contributed by atoms with Crippen molar-refractivity contribution in [1.29, 1.82) is 0 Å². The Morgan fingerprint density at radius 2 is 1.57 bits per heavy atom. The maximum absolute atomic E-state index is 5.48. The van der Waals surface area contributed by atoms with Gasteiger partial charge in [-0.2, -0.15) is 0 Å². The van der Waals surface area contributed by atoms with Gasteiger partial charge < -0.3 is 9.47 Å². The molecule has 14 heavy (non-hydrogen) atoms. The van der Waals surface area contributed by atoms with E-state index in [0.29, 0.717) is 24.4 Å². The van der Waals surface area contributed by atoms with Crippen LogP contribution in [0, 0.1) is 6.42 Å². The van der Waals surface area contributed by atoms with Gasteiger partial charge in [0.2, 0.25) is 0 Å². The van der Waals surface area contributed by atoms with Crippen LogP contribution >= 0.6 is 0 Å². The first-order valence-corrected chi connectivity index (χ1v) is 5.97. The lowest BCUT2D eigenvalue weighted by Gasteiger charge is -1.95. The van der Waals surface area contributed by atoms with Crippen molar-refractivity contribution in [3.05, 3.63) is 6.42 Å². The molecular weight excluding hydrogens is 176 g/mol. The van der Waals surface area contributed by atoms with Gasteiger partial charge in [-0.15, -0.1) is 0 Å². The number of hydrogen-bond acceptors (Lipinski definition) is 2. The largest absolute Gasteiger partial charge is 0.370 e. The van der Waals surface area contributed by atoms with Crippen LogP contribution in [-0.4, -0.2) is 24.4 Å². The lowest BCUT2D eigenvalue weighted by molar-refractivity contribution is 0.354. The van der Waals surface area contributed by atoms with Crippen molar-refractivity contribution in [3.63, 3.8) is 0 Å². The number of ether oxygens (including phenoxy) is 2. The molecule has 0 aromatic heterocycles. The minimum atomic E-state index is 0.544. The molecule has 0 aliphatic carbocycles. The van der Waals surface area contributed by atoms with E-state index in [1.54, 1.807) is 0 Å². The molecule has 4 atom stereocenters. The SMILES string of the molecule is CCC1OC1C[CH]CCC1OC1CC. The smallest absolute Gasteiger partial charge is 0.0844 e. The first kappa shape index (κ1) is 10.4. The average molecular weight is 197 g/mol. The van der Waals surface area contributed by atoms with Crippen LogP contribution in [0.4, 0.5) is 0 Å². The normalized spacial score (nSPS) is 39.9. The molecule has 0 N–H and O–H groups in total. The van der Waals surface area contributed by atoms with E-state index in [2.05, 4.69) is 20.3 Å². The molecule has 0 spiro atoms. The van der Waals surface area contributed by atoms with Crippen molar-refractivity contribution in [1.82, 2.24) is 0 Å². The molecule has 0 aromatic carbocycles. The van der Waals surface area contributed by atoms with Gasteiger partial charge in [0.15, 0.2) is 0 Å². The van der Waals surface area contributed by atoms with E-state index in [4.69, 9.17) is 9.47 Å². The van der Waals surface area contributed by atoms with E-state index in [1.807, 2.05) is 0 Å². The van der Waals surface area contributed by atoms with Crippen molar-refractivity contribution < 1.29 is 9.47 Å². The number of epoxide rings is 2. The fraction of sp³-hybridized carbons (Fsp3) is 0.917. The Kier molecular flexibility index (Phi) is 3.45. The van der Waals surface area contributed by atoms with Crippen LogP contribution in [0.3, 0.4) is 0 Å². The van der Waals surface area contributed by atoms with Crippen LogP contribution < -0.4 is 0 Å². The van der Waals surface area contributed by atoms with Gasteiger partial charge in [0.25, 0.3) is 0 Å². The maximum Gasteiger partial charge on any atom is 0.0844 e. The lowest BCUT2D eigenvalue weighted by atomic mass is 10.1. The molecule has 81 valence electrons. The predicted molar refractivity (Wildman–Crippen MR) is 56.1 cm³/mol. The summed E-state index contributed by atoms with van der Waals surface area (Å²) in [6.45, 7) is 4.38. The summed E-state index contributed by atoms with van der Waals surface area (Å²) in [5.74, 6) is 0. The zero-order valence-electron chi connectivity index (χ0n) is 9.24. The highest BCUT2D eigenvalue weighted by atomic mass is 16.6. The van der Waals surface area contributed by atoms with Gasteiger partial charge >= 0.3 is 0 Å². The van der Waals surface area contributed by atoms with Crippen LogP contribution in [-0.2, 0) is 9.47 Å². The van der Waals surface area contributed by atoms with Crippen LogP contribution in [0.1, 0.15) is 46.0 Å². The minimum absolute atomic E-state index is 0.544. The average Bonchev–Trinajstić information content (AvgIpc) is 3.08. The van der Waals surface area contributed by atoms with Crippen molar-refractivity contribution in [3.8, 4) is 0 Å². The van der Waals surface area contributed by atoms with E-state index in [0.717, 1.165) is 6.42 Å². The minimum Gasteiger partial charge on any atom is -0.370 e. The van der Waals surface area contributed by atoms with Gasteiger partial charge in [0.05, 0.1) is 24.4 Å². The summed E-state index contributed by atoms with van der Waals surface area (Å²) in [5.41, 5.74) is 0. The van der Waals surface area contributed by atoms with Crippen LogP contribution in [0.5, 0.6) is 0 Å². The highest BCUT2D eigenvalue weighted by molar-refractivity contribution is 4.90. The Morgan fingerprint density at radius 1 is 0.929 bits per heavy atom. The molecule has 0 amide bonds. The molecule has 0 saturated carbocycles. The molecule has 2 heterocycles. The zero-order valence-corrected chi connectivity index (χ0v) is 9.24. The predicted octanol–water partition coefficient (Wildman–Crippen LogP) is 2.72. The van der Waals surface area contributed by atoms with E-state index < -0.39 is 0 Å².